The molecule has 1 aliphatic heterocycles. The van der Waals surface area contributed by atoms with Crippen molar-refractivity contribution in [2.75, 3.05) is 26.0 Å². The van der Waals surface area contributed by atoms with E-state index in [9.17, 15) is 13.2 Å². The quantitative estimate of drug-likeness (QED) is 0.528. The standard InChI is InChI=1S/C21H26N6O5S/c1-14(2)11-31-21(28)26-8-6-16(7-9-26)32-20-18-19(23-12-24-20)27(13-25-18)15-4-5-17(22-10-15)33(3,29)30/h4-5,10,12-14,16H,6-9,11H2,1-3H3. The van der Waals surface area contributed by atoms with Gasteiger partial charge in [-0.05, 0) is 18.1 Å². The number of amides is 1. The van der Waals surface area contributed by atoms with Crippen LogP contribution in [0.25, 0.3) is 16.9 Å². The molecule has 4 rings (SSSR count). The minimum Gasteiger partial charge on any atom is -0.473 e. The van der Waals surface area contributed by atoms with Crippen LogP contribution in [0.3, 0.4) is 0 Å². The fraction of sp³-hybridized carbons (Fsp3) is 0.476. The fourth-order valence-corrected chi connectivity index (χ4v) is 4.03. The fourth-order valence-electron chi connectivity index (χ4n) is 3.47. The molecule has 3 aromatic rings. The molecule has 0 radical (unpaired) electrons. The first-order valence-electron chi connectivity index (χ1n) is 10.6. The van der Waals surface area contributed by atoms with Crippen molar-refractivity contribution in [3.8, 4) is 11.6 Å². The predicted octanol–water partition coefficient (Wildman–Crippen LogP) is 2.25. The zero-order valence-electron chi connectivity index (χ0n) is 18.7. The number of fused-ring (bicyclic) bond motifs is 1. The summed E-state index contributed by atoms with van der Waals surface area (Å²) in [6.07, 6.45) is 6.42. The molecule has 4 heterocycles. The summed E-state index contributed by atoms with van der Waals surface area (Å²) in [5, 5.41) is -0.00579. The highest BCUT2D eigenvalue weighted by Crippen LogP contribution is 2.25. The summed E-state index contributed by atoms with van der Waals surface area (Å²) in [5.41, 5.74) is 1.62. The molecule has 12 heteroatoms. The van der Waals surface area contributed by atoms with Gasteiger partial charge in [0.05, 0.1) is 18.5 Å². The van der Waals surface area contributed by atoms with Crippen molar-refractivity contribution < 1.29 is 22.7 Å². The Hall–Kier alpha value is -3.28. The van der Waals surface area contributed by atoms with Gasteiger partial charge in [0.25, 0.3) is 0 Å². The molecular formula is C21H26N6O5S. The minimum absolute atomic E-state index is 0.00579. The zero-order valence-corrected chi connectivity index (χ0v) is 19.5. The Balaban J connectivity index is 1.45. The molecule has 1 saturated heterocycles. The molecule has 1 fully saturated rings. The third-order valence-corrected chi connectivity index (χ3v) is 6.20. The number of carbonyl (C=O) groups excluding carboxylic acids is 1. The highest BCUT2D eigenvalue weighted by atomic mass is 32.2. The van der Waals surface area contributed by atoms with Gasteiger partial charge >= 0.3 is 6.09 Å². The number of piperidine rings is 1. The zero-order chi connectivity index (χ0) is 23.6. The molecule has 0 bridgehead atoms. The average Bonchev–Trinajstić information content (AvgIpc) is 3.23. The number of aromatic nitrogens is 5. The van der Waals surface area contributed by atoms with Crippen molar-refractivity contribution >= 4 is 27.1 Å². The molecule has 3 aromatic heterocycles. The molecule has 0 saturated carbocycles. The number of sulfone groups is 1. The van der Waals surface area contributed by atoms with Crippen LogP contribution in [0.5, 0.6) is 5.88 Å². The Kier molecular flexibility index (Phi) is 6.45. The number of nitrogens with zero attached hydrogens (tertiary/aromatic N) is 6. The number of hydrogen-bond acceptors (Lipinski definition) is 9. The molecule has 0 atom stereocenters. The van der Waals surface area contributed by atoms with Crippen LogP contribution < -0.4 is 4.74 Å². The summed E-state index contributed by atoms with van der Waals surface area (Å²) in [4.78, 5) is 30.8. The van der Waals surface area contributed by atoms with E-state index in [2.05, 4.69) is 19.9 Å². The first-order chi connectivity index (χ1) is 15.7. The van der Waals surface area contributed by atoms with Gasteiger partial charge in [0, 0.05) is 32.2 Å². The lowest BCUT2D eigenvalue weighted by molar-refractivity contribution is 0.0610. The van der Waals surface area contributed by atoms with E-state index in [1.54, 1.807) is 21.9 Å². The van der Waals surface area contributed by atoms with Gasteiger partial charge in [0.15, 0.2) is 26.0 Å². The highest BCUT2D eigenvalue weighted by Gasteiger charge is 2.26. The molecule has 0 aromatic carbocycles. The number of carbonyl (C=O) groups is 1. The van der Waals surface area contributed by atoms with E-state index < -0.39 is 9.84 Å². The molecule has 0 aliphatic carbocycles. The van der Waals surface area contributed by atoms with Crippen molar-refractivity contribution in [1.29, 1.82) is 0 Å². The predicted molar refractivity (Wildman–Crippen MR) is 119 cm³/mol. The molecule has 11 nitrogen and oxygen atoms in total. The van der Waals surface area contributed by atoms with Crippen LogP contribution in [-0.2, 0) is 14.6 Å². The molecule has 1 amide bonds. The third kappa shape index (κ3) is 5.21. The molecule has 1 aliphatic rings. The van der Waals surface area contributed by atoms with Crippen molar-refractivity contribution in [1.82, 2.24) is 29.4 Å². The molecule has 0 unspecified atom stereocenters. The van der Waals surface area contributed by atoms with E-state index in [4.69, 9.17) is 9.47 Å². The topological polar surface area (TPSA) is 129 Å². The van der Waals surface area contributed by atoms with Crippen LogP contribution in [0.15, 0.2) is 36.0 Å². The monoisotopic (exact) mass is 474 g/mol. The van der Waals surface area contributed by atoms with Gasteiger partial charge in [-0.3, -0.25) is 4.57 Å². The van der Waals surface area contributed by atoms with Crippen molar-refractivity contribution in [2.45, 2.75) is 37.8 Å². The lowest BCUT2D eigenvalue weighted by atomic mass is 10.1. The molecule has 0 N–H and O–H groups in total. The summed E-state index contributed by atoms with van der Waals surface area (Å²) < 4.78 is 36.4. The minimum atomic E-state index is -3.38. The maximum atomic E-state index is 12.1. The average molecular weight is 475 g/mol. The van der Waals surface area contributed by atoms with Crippen LogP contribution in [-0.4, -0.2) is 76.0 Å². The summed E-state index contributed by atoms with van der Waals surface area (Å²) in [7, 11) is -3.38. The van der Waals surface area contributed by atoms with E-state index in [-0.39, 0.29) is 17.2 Å². The van der Waals surface area contributed by atoms with Gasteiger partial charge in [-0.25, -0.2) is 28.2 Å². The van der Waals surface area contributed by atoms with Crippen LogP contribution in [0.4, 0.5) is 4.79 Å². The smallest absolute Gasteiger partial charge is 0.409 e. The summed E-state index contributed by atoms with van der Waals surface area (Å²) in [6.45, 7) is 5.49. The Morgan fingerprint density at radius 3 is 2.55 bits per heavy atom. The molecule has 176 valence electrons. The van der Waals surface area contributed by atoms with Gasteiger partial charge in [0.1, 0.15) is 18.8 Å². The Morgan fingerprint density at radius 2 is 1.91 bits per heavy atom. The number of pyridine rings is 1. The highest BCUT2D eigenvalue weighted by molar-refractivity contribution is 7.90. The maximum absolute atomic E-state index is 12.1. The van der Waals surface area contributed by atoms with Crippen LogP contribution >= 0.6 is 0 Å². The van der Waals surface area contributed by atoms with Gasteiger partial charge in [-0.15, -0.1) is 0 Å². The third-order valence-electron chi connectivity index (χ3n) is 5.20. The second-order valence-electron chi connectivity index (χ2n) is 8.37. The second-order valence-corrected chi connectivity index (χ2v) is 10.3. The lowest BCUT2D eigenvalue weighted by Gasteiger charge is -2.31. The SMILES string of the molecule is CC(C)COC(=O)N1CCC(Oc2ncnc3c2ncn3-c2ccc(S(C)(=O)=O)nc2)CC1. The Bertz CT molecular complexity index is 1230. The second kappa shape index (κ2) is 9.30. The van der Waals surface area contributed by atoms with Crippen molar-refractivity contribution in [3.05, 3.63) is 31.0 Å². The van der Waals surface area contributed by atoms with Gasteiger partial charge in [0.2, 0.25) is 5.88 Å². The van der Waals surface area contributed by atoms with E-state index in [0.717, 1.165) is 6.26 Å². The van der Waals surface area contributed by atoms with E-state index in [1.807, 2.05) is 13.8 Å². The van der Waals surface area contributed by atoms with Crippen LogP contribution in [0.2, 0.25) is 0 Å². The first-order valence-corrected chi connectivity index (χ1v) is 12.5. The molecular weight excluding hydrogens is 448 g/mol. The molecule has 0 spiro atoms. The number of ether oxygens (including phenoxy) is 2. The summed E-state index contributed by atoms with van der Waals surface area (Å²) >= 11 is 0. The Morgan fingerprint density at radius 1 is 1.15 bits per heavy atom. The summed E-state index contributed by atoms with van der Waals surface area (Å²) in [5.74, 6) is 0.656. The normalized spacial score (nSPS) is 15.2. The van der Waals surface area contributed by atoms with E-state index >= 15 is 0 Å². The largest absolute Gasteiger partial charge is 0.473 e. The van der Waals surface area contributed by atoms with Crippen LogP contribution in [0.1, 0.15) is 26.7 Å². The van der Waals surface area contributed by atoms with Gasteiger partial charge in [-0.1, -0.05) is 13.8 Å². The van der Waals surface area contributed by atoms with Crippen LogP contribution in [0, 0.1) is 5.92 Å². The van der Waals surface area contributed by atoms with Gasteiger partial charge in [-0.2, -0.15) is 4.98 Å². The Labute approximate surface area is 191 Å². The van der Waals surface area contributed by atoms with E-state index in [0.29, 0.717) is 61.2 Å². The number of likely N-dealkylation sites (tertiary alicyclic amines) is 1. The maximum Gasteiger partial charge on any atom is 0.409 e. The van der Waals surface area contributed by atoms with Crippen molar-refractivity contribution in [3.63, 3.8) is 0 Å². The van der Waals surface area contributed by atoms with Crippen molar-refractivity contribution in [2.24, 2.45) is 5.92 Å². The summed E-state index contributed by atoms with van der Waals surface area (Å²) in [6, 6.07) is 3.08. The van der Waals surface area contributed by atoms with Gasteiger partial charge < -0.3 is 14.4 Å². The van der Waals surface area contributed by atoms with E-state index in [1.165, 1.54) is 18.6 Å². The molecule has 33 heavy (non-hydrogen) atoms. The first kappa shape index (κ1) is 22.9. The number of rotatable bonds is 6. The number of imidazole rings is 1. The number of hydrogen-bond donors (Lipinski definition) is 0. The lowest BCUT2D eigenvalue weighted by Crippen LogP contribution is -2.42.